The molecule has 1 unspecified atom stereocenters. The van der Waals surface area contributed by atoms with Gasteiger partial charge in [0.2, 0.25) is 11.5 Å². The minimum atomic E-state index is -4.49. The van der Waals surface area contributed by atoms with E-state index < -0.39 is 35.2 Å². The molecule has 1 aromatic carbocycles. The van der Waals surface area contributed by atoms with Gasteiger partial charge < -0.3 is 15.2 Å². The molecule has 1 aromatic heterocycles. The Kier molecular flexibility index (Phi) is 4.77. The molecular formula is C18H16F3N3O3. The van der Waals surface area contributed by atoms with Crippen LogP contribution in [0.5, 0.6) is 0 Å². The van der Waals surface area contributed by atoms with Crippen LogP contribution in [-0.2, 0) is 11.0 Å². The lowest BCUT2D eigenvalue weighted by atomic mass is 9.99. The Bertz CT molecular complexity index is 935. The van der Waals surface area contributed by atoms with Gasteiger partial charge in [-0.15, -0.1) is 0 Å². The summed E-state index contributed by atoms with van der Waals surface area (Å²) in [5, 5.41) is 2.61. The van der Waals surface area contributed by atoms with Crippen LogP contribution in [0.15, 0.2) is 41.2 Å². The number of hydrogen-bond donors (Lipinski definition) is 2. The lowest BCUT2D eigenvalue weighted by molar-refractivity contribution is -0.137. The highest BCUT2D eigenvalue weighted by Gasteiger charge is 2.36. The first-order chi connectivity index (χ1) is 12.7. The molecular weight excluding hydrogens is 363 g/mol. The molecule has 3 rings (SSSR count). The first-order valence-electron chi connectivity index (χ1n) is 8.13. The second kappa shape index (κ2) is 6.90. The van der Waals surface area contributed by atoms with E-state index in [-0.39, 0.29) is 24.2 Å². The number of H-pyrrole nitrogens is 1. The van der Waals surface area contributed by atoms with Crippen molar-refractivity contribution >= 4 is 11.8 Å². The van der Waals surface area contributed by atoms with Gasteiger partial charge in [-0.25, -0.2) is 0 Å². The maximum Gasteiger partial charge on any atom is 0.416 e. The number of rotatable bonds is 2. The van der Waals surface area contributed by atoms with Gasteiger partial charge in [0.1, 0.15) is 6.04 Å². The molecule has 1 aliphatic heterocycles. The van der Waals surface area contributed by atoms with Gasteiger partial charge in [0.05, 0.1) is 5.56 Å². The monoisotopic (exact) mass is 379 g/mol. The molecule has 1 atom stereocenters. The Morgan fingerprint density at radius 3 is 2.41 bits per heavy atom. The predicted octanol–water partition coefficient (Wildman–Crippen LogP) is 2.02. The molecule has 27 heavy (non-hydrogen) atoms. The molecule has 9 heteroatoms. The third-order valence-corrected chi connectivity index (χ3v) is 4.25. The van der Waals surface area contributed by atoms with E-state index in [1.54, 1.807) is 6.92 Å². The van der Waals surface area contributed by atoms with Crippen LogP contribution in [0.4, 0.5) is 13.2 Å². The second-order valence-electron chi connectivity index (χ2n) is 6.23. The Hall–Kier alpha value is -3.10. The summed E-state index contributed by atoms with van der Waals surface area (Å²) in [5.41, 5.74) is -0.437. The van der Waals surface area contributed by atoms with Crippen molar-refractivity contribution in [1.82, 2.24) is 15.2 Å². The molecule has 1 aliphatic rings. The summed E-state index contributed by atoms with van der Waals surface area (Å²) in [6.45, 7) is 2.00. The fraction of sp³-hybridized carbons (Fsp3) is 0.278. The number of aryl methyl sites for hydroxylation is 1. The summed E-state index contributed by atoms with van der Waals surface area (Å²) >= 11 is 0. The van der Waals surface area contributed by atoms with Gasteiger partial charge in [0.15, 0.2) is 0 Å². The molecule has 2 amide bonds. The standard InChI is InChI=1S/C18H16F3N3O3/c1-10-8-12(9-14(25)23-10)17(27)24-7-6-22-16(26)15(24)11-2-4-13(5-3-11)18(19,20)21/h2-5,8-9,15H,6-7H2,1H3,(H,22,26)(H,23,25). The van der Waals surface area contributed by atoms with Crippen LogP contribution in [-0.4, -0.2) is 34.8 Å². The first-order valence-corrected chi connectivity index (χ1v) is 8.13. The number of alkyl halides is 3. The number of halogens is 3. The number of piperazine rings is 1. The van der Waals surface area contributed by atoms with Crippen molar-refractivity contribution in [2.45, 2.75) is 19.1 Å². The topological polar surface area (TPSA) is 82.3 Å². The lowest BCUT2D eigenvalue weighted by Crippen LogP contribution is -2.52. The normalized spacial score (nSPS) is 17.6. The molecule has 0 bridgehead atoms. The number of benzene rings is 1. The van der Waals surface area contributed by atoms with Crippen molar-refractivity contribution in [2.24, 2.45) is 0 Å². The van der Waals surface area contributed by atoms with E-state index in [9.17, 15) is 27.6 Å². The first kappa shape index (κ1) is 18.7. The number of aromatic nitrogens is 1. The second-order valence-corrected chi connectivity index (χ2v) is 6.23. The number of aromatic amines is 1. The zero-order chi connectivity index (χ0) is 19.8. The third kappa shape index (κ3) is 3.86. The molecule has 0 saturated carbocycles. The SMILES string of the molecule is Cc1cc(C(=O)N2CCNC(=O)C2c2ccc(C(F)(F)F)cc2)cc(=O)[nH]1. The number of hydrogen-bond acceptors (Lipinski definition) is 3. The van der Waals surface area contributed by atoms with Crippen LogP contribution in [0.25, 0.3) is 0 Å². The number of carbonyl (C=O) groups is 2. The van der Waals surface area contributed by atoms with E-state index in [1.165, 1.54) is 23.1 Å². The summed E-state index contributed by atoms with van der Waals surface area (Å²) in [4.78, 5) is 40.7. The number of nitrogens with one attached hydrogen (secondary N) is 2. The van der Waals surface area contributed by atoms with Crippen molar-refractivity contribution in [3.63, 3.8) is 0 Å². The van der Waals surface area contributed by atoms with E-state index in [2.05, 4.69) is 10.3 Å². The van der Waals surface area contributed by atoms with Crippen molar-refractivity contribution in [2.75, 3.05) is 13.1 Å². The fourth-order valence-electron chi connectivity index (χ4n) is 3.04. The number of pyridine rings is 1. The molecule has 2 N–H and O–H groups in total. The van der Waals surface area contributed by atoms with Gasteiger partial charge in [-0.1, -0.05) is 12.1 Å². The zero-order valence-corrected chi connectivity index (χ0v) is 14.3. The Labute approximate surface area is 152 Å². The van der Waals surface area contributed by atoms with Crippen LogP contribution >= 0.6 is 0 Å². The molecule has 1 fully saturated rings. The Morgan fingerprint density at radius 2 is 1.81 bits per heavy atom. The largest absolute Gasteiger partial charge is 0.416 e. The zero-order valence-electron chi connectivity index (χ0n) is 14.3. The Balaban J connectivity index is 1.97. The van der Waals surface area contributed by atoms with Gasteiger partial charge in [0, 0.05) is 30.4 Å². The van der Waals surface area contributed by atoms with Gasteiger partial charge in [-0.05, 0) is 30.7 Å². The van der Waals surface area contributed by atoms with Gasteiger partial charge in [-0.2, -0.15) is 13.2 Å². The summed E-state index contributed by atoms with van der Waals surface area (Å²) in [7, 11) is 0. The number of nitrogens with zero attached hydrogens (tertiary/aromatic N) is 1. The minimum Gasteiger partial charge on any atom is -0.352 e. The van der Waals surface area contributed by atoms with Crippen molar-refractivity contribution < 1.29 is 22.8 Å². The van der Waals surface area contributed by atoms with E-state index in [0.717, 1.165) is 18.2 Å². The predicted molar refractivity (Wildman–Crippen MR) is 90.0 cm³/mol. The van der Waals surface area contributed by atoms with Crippen LogP contribution in [0.2, 0.25) is 0 Å². The highest BCUT2D eigenvalue weighted by Crippen LogP contribution is 2.31. The molecule has 0 spiro atoms. The molecule has 0 radical (unpaired) electrons. The third-order valence-electron chi connectivity index (χ3n) is 4.25. The van der Waals surface area contributed by atoms with Gasteiger partial charge >= 0.3 is 6.18 Å². The molecule has 1 saturated heterocycles. The summed E-state index contributed by atoms with van der Waals surface area (Å²) < 4.78 is 38.3. The van der Waals surface area contributed by atoms with Crippen molar-refractivity contribution in [3.8, 4) is 0 Å². The minimum absolute atomic E-state index is 0.114. The Morgan fingerprint density at radius 1 is 1.15 bits per heavy atom. The molecule has 2 aromatic rings. The van der Waals surface area contributed by atoms with Crippen molar-refractivity contribution in [1.29, 1.82) is 0 Å². The smallest absolute Gasteiger partial charge is 0.352 e. The number of amides is 2. The van der Waals surface area contributed by atoms with E-state index in [4.69, 9.17) is 0 Å². The van der Waals surface area contributed by atoms with E-state index >= 15 is 0 Å². The van der Waals surface area contributed by atoms with Gasteiger partial charge in [-0.3, -0.25) is 14.4 Å². The average Bonchev–Trinajstić information content (AvgIpc) is 2.59. The molecule has 142 valence electrons. The maximum absolute atomic E-state index is 12.9. The van der Waals surface area contributed by atoms with Gasteiger partial charge in [0.25, 0.3) is 5.91 Å². The molecule has 6 nitrogen and oxygen atoms in total. The quantitative estimate of drug-likeness (QED) is 0.838. The summed E-state index contributed by atoms with van der Waals surface area (Å²) in [6.07, 6.45) is -4.49. The van der Waals surface area contributed by atoms with Crippen LogP contribution in [0.1, 0.15) is 33.2 Å². The molecule has 0 aliphatic carbocycles. The highest BCUT2D eigenvalue weighted by molar-refractivity contribution is 5.98. The van der Waals surface area contributed by atoms with Crippen LogP contribution in [0.3, 0.4) is 0 Å². The van der Waals surface area contributed by atoms with Crippen LogP contribution < -0.4 is 10.9 Å². The van der Waals surface area contributed by atoms with E-state index in [1.807, 2.05) is 0 Å². The lowest BCUT2D eigenvalue weighted by Gasteiger charge is -2.35. The van der Waals surface area contributed by atoms with Crippen LogP contribution in [0, 0.1) is 6.92 Å². The van der Waals surface area contributed by atoms with E-state index in [0.29, 0.717) is 5.69 Å². The number of carbonyl (C=O) groups excluding carboxylic acids is 2. The summed E-state index contributed by atoms with van der Waals surface area (Å²) in [5.74, 6) is -1.03. The summed E-state index contributed by atoms with van der Waals surface area (Å²) in [6, 6.07) is 5.65. The van der Waals surface area contributed by atoms with Crippen molar-refractivity contribution in [3.05, 3.63) is 69.1 Å². The maximum atomic E-state index is 12.9. The average molecular weight is 379 g/mol. The molecule has 2 heterocycles. The highest BCUT2D eigenvalue weighted by atomic mass is 19.4. The fourth-order valence-corrected chi connectivity index (χ4v) is 3.04.